The van der Waals surface area contributed by atoms with Gasteiger partial charge in [-0.25, -0.2) is 4.39 Å². The first-order valence-electron chi connectivity index (χ1n) is 5.65. The lowest BCUT2D eigenvalue weighted by Gasteiger charge is -2.13. The van der Waals surface area contributed by atoms with Gasteiger partial charge in [-0.2, -0.15) is 0 Å². The summed E-state index contributed by atoms with van der Waals surface area (Å²) in [5.41, 5.74) is 1.02. The molecule has 1 aromatic carbocycles. The molecule has 0 bridgehead atoms. The number of hydrogen-bond donors (Lipinski definition) is 1. The lowest BCUT2D eigenvalue weighted by Crippen LogP contribution is -2.00. The number of nitrogens with zero attached hydrogens (tertiary/aromatic N) is 1. The summed E-state index contributed by atoms with van der Waals surface area (Å²) < 4.78 is 19.2. The molecular weight excluding hydrogens is 233 g/mol. The Labute approximate surface area is 105 Å². The normalized spacial score (nSPS) is 12.2. The second kappa shape index (κ2) is 5.14. The molecule has 0 saturated heterocycles. The summed E-state index contributed by atoms with van der Waals surface area (Å²) in [4.78, 5) is 4.09. The van der Waals surface area contributed by atoms with Crippen LogP contribution in [0.2, 0.25) is 0 Å². The lowest BCUT2D eigenvalue weighted by molar-refractivity contribution is 0.190. The van der Waals surface area contributed by atoms with Crippen molar-refractivity contribution in [2.45, 2.75) is 20.0 Å². The van der Waals surface area contributed by atoms with Gasteiger partial charge in [0.15, 0.2) is 0 Å². The van der Waals surface area contributed by atoms with Gasteiger partial charge >= 0.3 is 0 Å². The van der Waals surface area contributed by atoms with Crippen LogP contribution >= 0.6 is 0 Å². The SMILES string of the molecule is Cc1ccc(Oc2cccc(F)c2[C@H](C)O)cn1. The number of hydrogen-bond acceptors (Lipinski definition) is 3. The van der Waals surface area contributed by atoms with Crippen LogP contribution in [0.25, 0.3) is 0 Å². The third-order valence-corrected chi connectivity index (χ3v) is 2.54. The van der Waals surface area contributed by atoms with Gasteiger partial charge in [0.1, 0.15) is 17.3 Å². The molecule has 2 rings (SSSR count). The van der Waals surface area contributed by atoms with Crippen LogP contribution in [-0.4, -0.2) is 10.1 Å². The zero-order chi connectivity index (χ0) is 13.1. The van der Waals surface area contributed by atoms with Crippen molar-refractivity contribution in [1.82, 2.24) is 4.98 Å². The van der Waals surface area contributed by atoms with Crippen LogP contribution in [0, 0.1) is 12.7 Å². The second-order valence-corrected chi connectivity index (χ2v) is 4.06. The van der Waals surface area contributed by atoms with Crippen molar-refractivity contribution < 1.29 is 14.2 Å². The highest BCUT2D eigenvalue weighted by atomic mass is 19.1. The molecule has 18 heavy (non-hydrogen) atoms. The number of aryl methyl sites for hydroxylation is 1. The number of rotatable bonds is 3. The Hall–Kier alpha value is -1.94. The molecule has 0 aliphatic heterocycles. The number of ether oxygens (including phenoxy) is 1. The van der Waals surface area contributed by atoms with Crippen LogP contribution < -0.4 is 4.74 Å². The van der Waals surface area contributed by atoms with Gasteiger partial charge in [-0.1, -0.05) is 6.07 Å². The Morgan fingerprint density at radius 2 is 2.06 bits per heavy atom. The fraction of sp³-hybridized carbons (Fsp3) is 0.214. The molecule has 0 aliphatic carbocycles. The first-order valence-corrected chi connectivity index (χ1v) is 5.65. The molecule has 1 heterocycles. The van der Waals surface area contributed by atoms with Crippen LogP contribution in [0.15, 0.2) is 36.5 Å². The Morgan fingerprint density at radius 1 is 1.28 bits per heavy atom. The Kier molecular flexibility index (Phi) is 3.58. The van der Waals surface area contributed by atoms with E-state index in [0.29, 0.717) is 11.5 Å². The predicted octanol–water partition coefficient (Wildman–Crippen LogP) is 3.37. The van der Waals surface area contributed by atoms with E-state index in [-0.39, 0.29) is 5.56 Å². The molecule has 1 atom stereocenters. The number of aromatic nitrogens is 1. The van der Waals surface area contributed by atoms with Crippen molar-refractivity contribution in [1.29, 1.82) is 0 Å². The summed E-state index contributed by atoms with van der Waals surface area (Å²) in [5, 5.41) is 9.57. The molecule has 0 amide bonds. The molecule has 4 heteroatoms. The lowest BCUT2D eigenvalue weighted by atomic mass is 10.1. The average Bonchev–Trinajstić information content (AvgIpc) is 2.32. The van der Waals surface area contributed by atoms with Crippen molar-refractivity contribution in [3.05, 3.63) is 53.6 Å². The minimum atomic E-state index is -0.931. The van der Waals surface area contributed by atoms with Gasteiger partial charge in [0.05, 0.1) is 17.9 Å². The fourth-order valence-electron chi connectivity index (χ4n) is 1.65. The van der Waals surface area contributed by atoms with Gasteiger partial charge in [0.2, 0.25) is 0 Å². The largest absolute Gasteiger partial charge is 0.455 e. The zero-order valence-electron chi connectivity index (χ0n) is 10.2. The zero-order valence-corrected chi connectivity index (χ0v) is 10.2. The van der Waals surface area contributed by atoms with Crippen molar-refractivity contribution in [2.24, 2.45) is 0 Å². The summed E-state index contributed by atoms with van der Waals surface area (Å²) in [5.74, 6) is 0.325. The maximum Gasteiger partial charge on any atom is 0.145 e. The van der Waals surface area contributed by atoms with E-state index in [1.807, 2.05) is 6.92 Å². The smallest absolute Gasteiger partial charge is 0.145 e. The maximum absolute atomic E-state index is 13.6. The topological polar surface area (TPSA) is 42.4 Å². The highest BCUT2D eigenvalue weighted by Crippen LogP contribution is 2.31. The van der Waals surface area contributed by atoms with Crippen LogP contribution in [0.1, 0.15) is 24.3 Å². The van der Waals surface area contributed by atoms with Gasteiger partial charge in [-0.15, -0.1) is 0 Å². The first kappa shape index (κ1) is 12.5. The van der Waals surface area contributed by atoms with Gasteiger partial charge < -0.3 is 9.84 Å². The number of pyridine rings is 1. The van der Waals surface area contributed by atoms with E-state index in [4.69, 9.17) is 4.74 Å². The highest BCUT2D eigenvalue weighted by molar-refractivity contribution is 5.39. The molecule has 1 aromatic heterocycles. The molecular formula is C14H14FNO2. The van der Waals surface area contributed by atoms with Gasteiger partial charge in [0.25, 0.3) is 0 Å². The minimum absolute atomic E-state index is 0.151. The first-order chi connectivity index (χ1) is 8.58. The van der Waals surface area contributed by atoms with Gasteiger partial charge in [0, 0.05) is 5.69 Å². The van der Waals surface area contributed by atoms with Gasteiger partial charge in [-0.3, -0.25) is 4.98 Å². The molecule has 2 aromatic rings. The summed E-state index contributed by atoms with van der Waals surface area (Å²) in [6, 6.07) is 8.00. The third-order valence-electron chi connectivity index (χ3n) is 2.54. The fourth-order valence-corrected chi connectivity index (χ4v) is 1.65. The molecule has 1 N–H and O–H groups in total. The van der Waals surface area contributed by atoms with Crippen LogP contribution in [0.5, 0.6) is 11.5 Å². The number of benzene rings is 1. The third kappa shape index (κ3) is 2.65. The molecule has 0 unspecified atom stereocenters. The van der Waals surface area contributed by atoms with E-state index in [9.17, 15) is 9.50 Å². The van der Waals surface area contributed by atoms with E-state index in [1.54, 1.807) is 24.4 Å². The standard InChI is InChI=1S/C14H14FNO2/c1-9-6-7-11(8-16-9)18-13-5-3-4-12(15)14(13)10(2)17/h3-8,10,17H,1-2H3/t10-/m0/s1. The van der Waals surface area contributed by atoms with E-state index >= 15 is 0 Å². The summed E-state index contributed by atoms with van der Waals surface area (Å²) in [6.45, 7) is 3.37. The molecule has 0 saturated carbocycles. The average molecular weight is 247 g/mol. The molecule has 3 nitrogen and oxygen atoms in total. The minimum Gasteiger partial charge on any atom is -0.455 e. The number of aliphatic hydroxyl groups excluding tert-OH is 1. The van der Waals surface area contributed by atoms with Crippen LogP contribution in [0.3, 0.4) is 0 Å². The second-order valence-electron chi connectivity index (χ2n) is 4.06. The molecule has 0 aliphatic rings. The van der Waals surface area contributed by atoms with Gasteiger partial charge in [-0.05, 0) is 38.1 Å². The van der Waals surface area contributed by atoms with Crippen molar-refractivity contribution in [2.75, 3.05) is 0 Å². The van der Waals surface area contributed by atoms with E-state index in [1.165, 1.54) is 19.1 Å². The molecule has 0 fully saturated rings. The summed E-state index contributed by atoms with van der Waals surface area (Å²) in [7, 11) is 0. The van der Waals surface area contributed by atoms with E-state index in [0.717, 1.165) is 5.69 Å². The van der Waals surface area contributed by atoms with Crippen LogP contribution in [0.4, 0.5) is 4.39 Å². The van der Waals surface area contributed by atoms with Crippen molar-refractivity contribution >= 4 is 0 Å². The summed E-state index contributed by atoms with van der Waals surface area (Å²) >= 11 is 0. The Balaban J connectivity index is 2.34. The predicted molar refractivity (Wildman–Crippen MR) is 66.1 cm³/mol. The number of aliphatic hydroxyl groups is 1. The Bertz CT molecular complexity index is 538. The van der Waals surface area contributed by atoms with Crippen LogP contribution in [-0.2, 0) is 0 Å². The summed E-state index contributed by atoms with van der Waals surface area (Å²) in [6.07, 6.45) is 0.631. The van der Waals surface area contributed by atoms with E-state index < -0.39 is 11.9 Å². The quantitative estimate of drug-likeness (QED) is 0.904. The molecule has 0 radical (unpaired) electrons. The monoisotopic (exact) mass is 247 g/mol. The van der Waals surface area contributed by atoms with E-state index in [2.05, 4.69) is 4.98 Å². The highest BCUT2D eigenvalue weighted by Gasteiger charge is 2.15. The van der Waals surface area contributed by atoms with Crippen molar-refractivity contribution in [3.63, 3.8) is 0 Å². The molecule has 94 valence electrons. The molecule has 0 spiro atoms. The maximum atomic E-state index is 13.6. The van der Waals surface area contributed by atoms with Crippen molar-refractivity contribution in [3.8, 4) is 11.5 Å². The number of halogens is 1. The Morgan fingerprint density at radius 3 is 2.67 bits per heavy atom.